The van der Waals surface area contributed by atoms with Crippen LogP contribution in [-0.4, -0.2) is 167 Å². The molecule has 0 aliphatic carbocycles. The van der Waals surface area contributed by atoms with Gasteiger partial charge >= 0.3 is 37.7 Å². The van der Waals surface area contributed by atoms with Gasteiger partial charge in [0.2, 0.25) is 0 Å². The number of aliphatic hydroxyl groups is 4. The van der Waals surface area contributed by atoms with Crippen molar-refractivity contribution in [3.05, 3.63) is 0 Å². The minimum atomic E-state index is -3.22. The predicted octanol–water partition coefficient (Wildman–Crippen LogP) is -3.84. The van der Waals surface area contributed by atoms with Gasteiger partial charge in [0.25, 0.3) is 0 Å². The first-order valence-electron chi connectivity index (χ1n) is 8.68. The second-order valence-corrected chi connectivity index (χ2v) is 13.2. The minimum absolute atomic E-state index is 0. The normalized spacial score (nSPS) is 28.0. The summed E-state index contributed by atoms with van der Waals surface area (Å²) in [7, 11) is -6.44. The molecule has 4 unspecified atom stereocenters. The Balaban J connectivity index is 0.000000562. The quantitative estimate of drug-likeness (QED) is 0.138. The summed E-state index contributed by atoms with van der Waals surface area (Å²) in [5.41, 5.74) is 0. The van der Waals surface area contributed by atoms with E-state index in [1.807, 2.05) is 0 Å². The molecule has 0 amide bonds. The first-order valence-corrected chi connectivity index (χ1v) is 14.0. The number of hydrogen-bond acceptors (Lipinski definition) is 12. The molecule has 176 valence electrons. The Morgan fingerprint density at radius 2 is 1.06 bits per heavy atom. The van der Waals surface area contributed by atoms with Gasteiger partial charge in [-0.3, -0.25) is 0 Å². The molecule has 0 radical (unpaired) electrons. The van der Waals surface area contributed by atoms with E-state index in [4.69, 9.17) is 59.9 Å². The van der Waals surface area contributed by atoms with Gasteiger partial charge in [0.05, 0.1) is 60.5 Å². The van der Waals surface area contributed by atoms with Crippen LogP contribution in [-0.2, 0) is 44.9 Å². The van der Waals surface area contributed by atoms with Crippen LogP contribution in [0.3, 0.4) is 0 Å². The zero-order valence-corrected chi connectivity index (χ0v) is 23.5. The Morgan fingerprint density at radius 1 is 0.774 bits per heavy atom. The van der Waals surface area contributed by atoms with E-state index in [0.717, 1.165) is 0 Å². The molecule has 2 aliphatic rings. The largest absolute Gasteiger partial charge is 2.00 e. The fraction of sp³-hybridized carbons (Fsp3) is 0.857. The fourth-order valence-electron chi connectivity index (χ4n) is 3.22. The molecule has 2 rings (SSSR count). The molecule has 4 atom stereocenters. The van der Waals surface area contributed by atoms with E-state index in [2.05, 4.69) is 0 Å². The molecule has 0 aromatic carbocycles. The van der Waals surface area contributed by atoms with Gasteiger partial charge in [0, 0.05) is 13.1 Å². The minimum Gasteiger partial charge on any atom is -0.411 e. The molecule has 0 aromatic rings. The van der Waals surface area contributed by atoms with Crippen LogP contribution < -0.4 is 0 Å². The molecule has 0 spiro atoms. The van der Waals surface area contributed by atoms with Crippen LogP contribution in [0, 0.1) is 0 Å². The Hall–Kier alpha value is 1.22. The van der Waals surface area contributed by atoms with Crippen molar-refractivity contribution in [1.29, 1.82) is 0 Å². The van der Waals surface area contributed by atoms with E-state index in [0.29, 0.717) is 0 Å². The van der Waals surface area contributed by atoms with Gasteiger partial charge in [-0.05, 0) is 0 Å². The molecule has 17 heteroatoms. The second-order valence-electron chi connectivity index (χ2n) is 6.79. The summed E-state index contributed by atoms with van der Waals surface area (Å²) in [4.78, 5) is 2.78. The number of sulfone groups is 2. The summed E-state index contributed by atoms with van der Waals surface area (Å²) in [6, 6.07) is -1.24. The van der Waals surface area contributed by atoms with Crippen molar-refractivity contribution in [2.24, 2.45) is 0 Å². The van der Waals surface area contributed by atoms with Crippen LogP contribution in [0.2, 0.25) is 0 Å². The first kappa shape index (κ1) is 32.2. The van der Waals surface area contributed by atoms with Gasteiger partial charge in [-0.15, -0.1) is 0 Å². The zero-order chi connectivity index (χ0) is 23.3. The number of thiocarbonyl (C=S) groups is 2. The number of nitrogens with zero attached hydrogens (tertiary/aromatic N) is 2. The maximum atomic E-state index is 11.3. The molecule has 4 N–H and O–H groups in total. The summed E-state index contributed by atoms with van der Waals surface area (Å²) in [5, 5.41) is 36.7. The molecular weight excluding hydrogens is 557 g/mol. The molecular formula is C14H24CaN2O8S6. The van der Waals surface area contributed by atoms with Crippen LogP contribution in [0.1, 0.15) is 0 Å². The molecule has 2 heterocycles. The van der Waals surface area contributed by atoms with E-state index in [1.54, 1.807) is 0 Å². The van der Waals surface area contributed by atoms with E-state index >= 15 is 0 Å². The number of hydrogen-bond donors (Lipinski definition) is 4. The fourth-order valence-corrected chi connectivity index (χ4v) is 7.73. The summed E-state index contributed by atoms with van der Waals surface area (Å²) < 4.78 is 45.2. The van der Waals surface area contributed by atoms with Gasteiger partial charge in [-0.1, -0.05) is 8.64 Å². The summed E-state index contributed by atoms with van der Waals surface area (Å²) in [6.45, 7) is -0.0563. The molecule has 2 aliphatic heterocycles. The molecule has 0 aromatic heterocycles. The zero-order valence-electron chi connectivity index (χ0n) is 16.4. The van der Waals surface area contributed by atoms with Gasteiger partial charge in [0.15, 0.2) is 19.7 Å². The Kier molecular flexibility index (Phi) is 14.5. The molecule has 2 fully saturated rings. The van der Waals surface area contributed by atoms with Gasteiger partial charge in [0.1, 0.15) is 0 Å². The van der Waals surface area contributed by atoms with Crippen molar-refractivity contribution < 1.29 is 37.3 Å². The third-order valence-corrected chi connectivity index (χ3v) is 8.87. The topological polar surface area (TPSA) is 156 Å². The number of rotatable bonds is 6. The van der Waals surface area contributed by atoms with Crippen LogP contribution in [0.25, 0.3) is 0 Å². The molecule has 31 heavy (non-hydrogen) atoms. The van der Waals surface area contributed by atoms with Crippen molar-refractivity contribution >= 4 is 116 Å². The van der Waals surface area contributed by atoms with E-state index in [1.165, 1.54) is 9.80 Å². The average Bonchev–Trinajstić information content (AvgIpc) is 3.03. The average molecular weight is 581 g/mol. The van der Waals surface area contributed by atoms with Crippen LogP contribution in [0.5, 0.6) is 0 Å². The molecule has 0 saturated carbocycles. The van der Waals surface area contributed by atoms with Gasteiger partial charge < -0.3 is 79.9 Å². The standard InChI is InChI=1S/2C7H13NO4S3.Ca/c2*9-2-1-8(7(13)14)5-3-15(11,12)4-6(5)10;/h2*5-6,9-10H,1-4H2,(H,13,14);/q;;+2/p-2. The Bertz CT molecular complexity index is 759. The van der Waals surface area contributed by atoms with Crippen LogP contribution in [0.4, 0.5) is 0 Å². The van der Waals surface area contributed by atoms with E-state index in [9.17, 15) is 27.0 Å². The molecule has 10 nitrogen and oxygen atoms in total. The van der Waals surface area contributed by atoms with Crippen LogP contribution >= 0.6 is 24.4 Å². The van der Waals surface area contributed by atoms with Gasteiger partial charge in [-0.25, -0.2) is 16.8 Å². The second kappa shape index (κ2) is 13.9. The van der Waals surface area contributed by atoms with E-state index < -0.39 is 44.0 Å². The first-order chi connectivity index (χ1) is 13.7. The van der Waals surface area contributed by atoms with Crippen molar-refractivity contribution in [1.82, 2.24) is 9.80 Å². The Labute approximate surface area is 234 Å². The smallest absolute Gasteiger partial charge is 0.411 e. The maximum absolute atomic E-state index is 11.3. The van der Waals surface area contributed by atoms with Gasteiger partial charge in [-0.2, -0.15) is 0 Å². The van der Waals surface area contributed by atoms with Crippen LogP contribution in [0.15, 0.2) is 0 Å². The summed E-state index contributed by atoms with van der Waals surface area (Å²) >= 11 is 19.1. The van der Waals surface area contributed by atoms with Crippen molar-refractivity contribution in [3.8, 4) is 0 Å². The van der Waals surface area contributed by atoms with E-state index in [-0.39, 0.29) is 95.7 Å². The van der Waals surface area contributed by atoms with Crippen molar-refractivity contribution in [3.63, 3.8) is 0 Å². The predicted molar refractivity (Wildman–Crippen MR) is 130 cm³/mol. The molecule has 0 bridgehead atoms. The maximum Gasteiger partial charge on any atom is 2.00 e. The number of aliphatic hydroxyl groups excluding tert-OH is 4. The van der Waals surface area contributed by atoms with Crippen molar-refractivity contribution in [2.45, 2.75) is 24.3 Å². The monoisotopic (exact) mass is 580 g/mol. The summed E-state index contributed by atoms with van der Waals surface area (Å²) in [5.74, 6) is -0.856. The third kappa shape index (κ3) is 10.2. The molecule has 2 saturated heterocycles. The summed E-state index contributed by atoms with van der Waals surface area (Å²) in [6.07, 6.45) is -1.97. The third-order valence-electron chi connectivity index (χ3n) is 4.54. The Morgan fingerprint density at radius 3 is 1.23 bits per heavy atom. The van der Waals surface area contributed by atoms with Crippen molar-refractivity contribution in [2.75, 3.05) is 49.3 Å². The SMILES string of the molecule is O=S1(=O)CC(O)C(N(CCO)C(=S)[S-])C1.O=S1(=O)CC(O)C(N(CCO)C(=S)[S-])C1.[Ca+2].